The average molecular weight is 1000 g/mol. The van der Waals surface area contributed by atoms with E-state index in [-0.39, 0.29) is 31.1 Å². The summed E-state index contributed by atoms with van der Waals surface area (Å²) >= 11 is 0. The summed E-state index contributed by atoms with van der Waals surface area (Å²) in [5.41, 5.74) is 0. The van der Waals surface area contributed by atoms with Gasteiger partial charge in [-0.2, -0.15) is 0 Å². The van der Waals surface area contributed by atoms with Crippen LogP contribution in [0.3, 0.4) is 0 Å². The standard InChI is InChI=1S/C66H112O6/c1-4-7-10-13-16-19-22-25-26-27-28-29-30-31-32-33-34-35-36-37-38-39-40-42-44-47-50-53-56-59-65(68)71-62-63(61-70-64(67)58-55-52-49-46-43-24-21-18-15-12-9-6-3)72-66(69)60-57-54-51-48-45-41-23-20-17-14-11-8-5-2/h7,10-11,14,16,19-20,23,25-26,28-29,31-32,34-35,63H,4-6,8-9,12-13,15,17-18,21-22,24,27,30,33,36-62H2,1-3H3/b10-7-,14-11-,19-16-,23-20-,26-25-,29-28-,32-31-,35-34-. The Morgan fingerprint density at radius 3 is 0.903 bits per heavy atom. The number of hydrogen-bond donors (Lipinski definition) is 0. The smallest absolute Gasteiger partial charge is 0.306 e. The van der Waals surface area contributed by atoms with Gasteiger partial charge < -0.3 is 14.2 Å². The zero-order valence-electron chi connectivity index (χ0n) is 47.2. The van der Waals surface area contributed by atoms with E-state index in [0.717, 1.165) is 128 Å². The van der Waals surface area contributed by atoms with Crippen LogP contribution in [0.1, 0.15) is 284 Å². The Bertz CT molecular complexity index is 1430. The maximum atomic E-state index is 12.8. The third-order valence-corrected chi connectivity index (χ3v) is 12.8. The molecule has 0 bridgehead atoms. The minimum atomic E-state index is -0.785. The number of ether oxygens (including phenoxy) is 3. The lowest BCUT2D eigenvalue weighted by Crippen LogP contribution is -2.30. The van der Waals surface area contributed by atoms with Crippen LogP contribution in [-0.2, 0) is 28.6 Å². The number of hydrogen-bond acceptors (Lipinski definition) is 6. The van der Waals surface area contributed by atoms with E-state index in [9.17, 15) is 14.4 Å². The Kier molecular flexibility index (Phi) is 56.8. The first-order chi connectivity index (χ1) is 35.5. The van der Waals surface area contributed by atoms with E-state index < -0.39 is 6.10 Å². The van der Waals surface area contributed by atoms with Gasteiger partial charge in [0.2, 0.25) is 0 Å². The van der Waals surface area contributed by atoms with E-state index in [1.165, 1.54) is 116 Å². The summed E-state index contributed by atoms with van der Waals surface area (Å²) in [5, 5.41) is 0. The van der Waals surface area contributed by atoms with Crippen molar-refractivity contribution in [1.82, 2.24) is 0 Å². The van der Waals surface area contributed by atoms with Gasteiger partial charge in [0.25, 0.3) is 0 Å². The Morgan fingerprint density at radius 1 is 0.292 bits per heavy atom. The normalized spacial score (nSPS) is 12.8. The van der Waals surface area contributed by atoms with Gasteiger partial charge in [-0.05, 0) is 96.3 Å². The van der Waals surface area contributed by atoms with Gasteiger partial charge in [0, 0.05) is 19.3 Å². The lowest BCUT2D eigenvalue weighted by molar-refractivity contribution is -0.167. The SMILES string of the molecule is CC/C=C\C/C=C\C/C=C\C/C=C\C/C=C\C/C=C\CCCCCCCCCCCCC(=O)OCC(COC(=O)CCCCCCCCCCCCCC)OC(=O)CCCCCCC/C=C\C/C=C\CCC. The summed E-state index contributed by atoms with van der Waals surface area (Å²) in [6, 6.07) is 0. The van der Waals surface area contributed by atoms with Crippen molar-refractivity contribution in [2.75, 3.05) is 13.2 Å². The van der Waals surface area contributed by atoms with E-state index >= 15 is 0 Å². The molecule has 412 valence electrons. The summed E-state index contributed by atoms with van der Waals surface area (Å²) in [5.74, 6) is -0.896. The summed E-state index contributed by atoms with van der Waals surface area (Å²) in [4.78, 5) is 38.1. The van der Waals surface area contributed by atoms with E-state index in [1.807, 2.05) is 0 Å². The molecule has 1 unspecified atom stereocenters. The summed E-state index contributed by atoms with van der Waals surface area (Å²) in [6.07, 6.45) is 79.8. The molecule has 6 heteroatoms. The van der Waals surface area contributed by atoms with Crippen LogP contribution in [0.2, 0.25) is 0 Å². The molecule has 0 saturated carbocycles. The molecule has 0 radical (unpaired) electrons. The molecule has 0 aromatic carbocycles. The van der Waals surface area contributed by atoms with Crippen LogP contribution in [-0.4, -0.2) is 37.2 Å². The number of carbonyl (C=O) groups is 3. The number of esters is 3. The van der Waals surface area contributed by atoms with Crippen LogP contribution in [0.15, 0.2) is 97.2 Å². The molecule has 0 rings (SSSR count). The first-order valence-electron chi connectivity index (χ1n) is 30.2. The average Bonchev–Trinajstić information content (AvgIpc) is 3.38. The zero-order valence-corrected chi connectivity index (χ0v) is 47.2. The number of carbonyl (C=O) groups excluding carboxylic acids is 3. The summed E-state index contributed by atoms with van der Waals surface area (Å²) in [7, 11) is 0. The van der Waals surface area contributed by atoms with Crippen molar-refractivity contribution in [3.05, 3.63) is 97.2 Å². The van der Waals surface area contributed by atoms with Gasteiger partial charge in [-0.3, -0.25) is 14.4 Å². The van der Waals surface area contributed by atoms with Crippen LogP contribution in [0.5, 0.6) is 0 Å². The minimum absolute atomic E-state index is 0.0818. The Hall–Kier alpha value is -3.67. The first kappa shape index (κ1) is 68.3. The quantitative estimate of drug-likeness (QED) is 0.0261. The third-order valence-electron chi connectivity index (χ3n) is 12.8. The molecular formula is C66H112O6. The van der Waals surface area contributed by atoms with E-state index in [1.54, 1.807) is 0 Å². The van der Waals surface area contributed by atoms with Gasteiger partial charge in [-0.1, -0.05) is 266 Å². The first-order valence-corrected chi connectivity index (χ1v) is 30.2. The molecule has 0 aromatic heterocycles. The van der Waals surface area contributed by atoms with Crippen LogP contribution in [0, 0.1) is 0 Å². The van der Waals surface area contributed by atoms with Crippen molar-refractivity contribution in [2.24, 2.45) is 0 Å². The number of unbranched alkanes of at least 4 members (excludes halogenated alkanes) is 27. The van der Waals surface area contributed by atoms with E-state index in [0.29, 0.717) is 19.3 Å². The molecule has 0 aliphatic carbocycles. The molecule has 0 aromatic rings. The molecule has 0 N–H and O–H groups in total. The second kappa shape index (κ2) is 59.9. The van der Waals surface area contributed by atoms with Crippen molar-refractivity contribution in [2.45, 2.75) is 290 Å². The van der Waals surface area contributed by atoms with Gasteiger partial charge in [0.15, 0.2) is 6.10 Å². The van der Waals surface area contributed by atoms with Crippen molar-refractivity contribution in [3.8, 4) is 0 Å². The third kappa shape index (κ3) is 57.2. The molecular weight excluding hydrogens is 889 g/mol. The Labute approximate surface area is 445 Å². The fourth-order valence-corrected chi connectivity index (χ4v) is 8.31. The second-order valence-electron chi connectivity index (χ2n) is 19.9. The lowest BCUT2D eigenvalue weighted by atomic mass is 10.0. The Balaban J connectivity index is 4.23. The number of rotatable bonds is 54. The van der Waals surface area contributed by atoms with Crippen LogP contribution in [0.4, 0.5) is 0 Å². The highest BCUT2D eigenvalue weighted by Crippen LogP contribution is 2.16. The predicted molar refractivity (Wildman–Crippen MR) is 311 cm³/mol. The van der Waals surface area contributed by atoms with Gasteiger partial charge in [-0.25, -0.2) is 0 Å². The highest BCUT2D eigenvalue weighted by molar-refractivity contribution is 5.71. The molecule has 0 aliphatic rings. The number of allylic oxidation sites excluding steroid dienone is 16. The second-order valence-corrected chi connectivity index (χ2v) is 19.9. The monoisotopic (exact) mass is 1000 g/mol. The van der Waals surface area contributed by atoms with Crippen molar-refractivity contribution in [3.63, 3.8) is 0 Å². The van der Waals surface area contributed by atoms with Crippen LogP contribution < -0.4 is 0 Å². The summed E-state index contributed by atoms with van der Waals surface area (Å²) < 4.78 is 16.8. The summed E-state index contributed by atoms with van der Waals surface area (Å²) in [6.45, 7) is 6.45. The topological polar surface area (TPSA) is 78.9 Å². The minimum Gasteiger partial charge on any atom is -0.462 e. The highest BCUT2D eigenvalue weighted by atomic mass is 16.6. The zero-order chi connectivity index (χ0) is 52.2. The Morgan fingerprint density at radius 2 is 0.569 bits per heavy atom. The van der Waals surface area contributed by atoms with E-state index in [4.69, 9.17) is 14.2 Å². The molecule has 1 atom stereocenters. The molecule has 0 fully saturated rings. The van der Waals surface area contributed by atoms with Crippen molar-refractivity contribution >= 4 is 17.9 Å². The fourth-order valence-electron chi connectivity index (χ4n) is 8.31. The fraction of sp³-hybridized carbons (Fsp3) is 0.712. The van der Waals surface area contributed by atoms with Gasteiger partial charge in [0.1, 0.15) is 13.2 Å². The van der Waals surface area contributed by atoms with Gasteiger partial charge in [-0.15, -0.1) is 0 Å². The predicted octanol–water partition coefficient (Wildman–Crippen LogP) is 20.5. The van der Waals surface area contributed by atoms with Crippen LogP contribution in [0.25, 0.3) is 0 Å². The van der Waals surface area contributed by atoms with Gasteiger partial charge in [0.05, 0.1) is 0 Å². The molecule has 0 saturated heterocycles. The lowest BCUT2D eigenvalue weighted by Gasteiger charge is -2.18. The van der Waals surface area contributed by atoms with Crippen molar-refractivity contribution < 1.29 is 28.6 Å². The van der Waals surface area contributed by atoms with Crippen molar-refractivity contribution in [1.29, 1.82) is 0 Å². The maximum Gasteiger partial charge on any atom is 0.306 e. The largest absolute Gasteiger partial charge is 0.462 e. The maximum absolute atomic E-state index is 12.8. The highest BCUT2D eigenvalue weighted by Gasteiger charge is 2.19. The molecule has 72 heavy (non-hydrogen) atoms. The molecule has 0 spiro atoms. The molecule has 0 heterocycles. The van der Waals surface area contributed by atoms with Crippen LogP contribution >= 0.6 is 0 Å². The molecule has 0 aliphatic heterocycles. The van der Waals surface area contributed by atoms with E-state index in [2.05, 4.69) is 118 Å². The molecule has 0 amide bonds. The molecule has 6 nitrogen and oxygen atoms in total. The van der Waals surface area contributed by atoms with Gasteiger partial charge >= 0.3 is 17.9 Å².